The molecule has 27 heavy (non-hydrogen) atoms. The van der Waals surface area contributed by atoms with Crippen molar-refractivity contribution in [3.8, 4) is 0 Å². The average Bonchev–Trinajstić information content (AvgIpc) is 2.70. The number of benzene rings is 2. The minimum absolute atomic E-state index is 0. The molecule has 0 amide bonds. The van der Waals surface area contributed by atoms with Crippen molar-refractivity contribution in [1.29, 1.82) is 0 Å². The average molecular weight is 479 g/mol. The summed E-state index contributed by atoms with van der Waals surface area (Å²) >= 11 is 0. The molecule has 1 N–H and O–H groups in total. The van der Waals surface area contributed by atoms with Crippen LogP contribution in [-0.2, 0) is 6.54 Å². The molecule has 0 saturated carbocycles. The van der Waals surface area contributed by atoms with Gasteiger partial charge in [0.05, 0.1) is 0 Å². The first kappa shape index (κ1) is 21.3. The third kappa shape index (κ3) is 5.76. The lowest BCUT2D eigenvalue weighted by Crippen LogP contribution is -2.52. The van der Waals surface area contributed by atoms with Gasteiger partial charge in [-0.2, -0.15) is 0 Å². The number of nitrogens with one attached hydrogen (secondary N) is 1. The van der Waals surface area contributed by atoms with Crippen molar-refractivity contribution < 1.29 is 0 Å². The molecular weight excluding hydrogens is 449 g/mol. The summed E-state index contributed by atoms with van der Waals surface area (Å²) in [5, 5.41) is 3.52. The molecule has 0 aliphatic carbocycles. The van der Waals surface area contributed by atoms with Gasteiger partial charge in [0.2, 0.25) is 0 Å². The first-order valence-electron chi connectivity index (χ1n) is 9.19. The zero-order valence-electron chi connectivity index (χ0n) is 16.4. The molecule has 146 valence electrons. The van der Waals surface area contributed by atoms with E-state index < -0.39 is 0 Å². The third-order valence-electron chi connectivity index (χ3n) is 4.79. The van der Waals surface area contributed by atoms with Gasteiger partial charge in [-0.15, -0.1) is 24.0 Å². The van der Waals surface area contributed by atoms with Crippen molar-refractivity contribution in [3.05, 3.63) is 60.2 Å². The first-order valence-corrected chi connectivity index (χ1v) is 9.19. The number of para-hydroxylation sites is 1. The third-order valence-corrected chi connectivity index (χ3v) is 4.79. The molecule has 2 aromatic rings. The van der Waals surface area contributed by atoms with Crippen LogP contribution >= 0.6 is 24.0 Å². The highest BCUT2D eigenvalue weighted by atomic mass is 127. The quantitative estimate of drug-likeness (QED) is 0.415. The van der Waals surface area contributed by atoms with Crippen molar-refractivity contribution in [3.63, 3.8) is 0 Å². The fraction of sp³-hybridized carbons (Fsp3) is 0.381. The Morgan fingerprint density at radius 1 is 1.00 bits per heavy atom. The fourth-order valence-corrected chi connectivity index (χ4v) is 3.27. The van der Waals surface area contributed by atoms with E-state index in [0.29, 0.717) is 0 Å². The van der Waals surface area contributed by atoms with Gasteiger partial charge in [-0.1, -0.05) is 30.3 Å². The van der Waals surface area contributed by atoms with Crippen molar-refractivity contribution in [2.24, 2.45) is 4.99 Å². The Labute approximate surface area is 180 Å². The fourth-order valence-electron chi connectivity index (χ4n) is 3.27. The number of halogens is 1. The zero-order chi connectivity index (χ0) is 18.4. The molecule has 1 aliphatic heterocycles. The van der Waals surface area contributed by atoms with Crippen molar-refractivity contribution in [2.45, 2.75) is 6.54 Å². The number of hydrogen-bond donors (Lipinski definition) is 1. The van der Waals surface area contributed by atoms with Crippen LogP contribution in [0.3, 0.4) is 0 Å². The molecule has 0 spiro atoms. The number of hydrogen-bond acceptors (Lipinski definition) is 3. The number of guanidine groups is 1. The summed E-state index contributed by atoms with van der Waals surface area (Å²) in [6.45, 7) is 4.77. The Morgan fingerprint density at radius 3 is 2.33 bits per heavy atom. The van der Waals surface area contributed by atoms with Gasteiger partial charge in [-0.3, -0.25) is 4.99 Å². The van der Waals surface area contributed by atoms with Gasteiger partial charge >= 0.3 is 0 Å². The molecule has 5 nitrogen and oxygen atoms in total. The van der Waals surface area contributed by atoms with Crippen LogP contribution in [0.15, 0.2) is 59.6 Å². The molecule has 1 fully saturated rings. The van der Waals surface area contributed by atoms with Gasteiger partial charge in [-0.05, 0) is 29.8 Å². The van der Waals surface area contributed by atoms with Crippen LogP contribution in [-0.4, -0.2) is 58.2 Å². The van der Waals surface area contributed by atoms with E-state index in [1.165, 1.54) is 16.9 Å². The molecule has 1 aliphatic rings. The maximum Gasteiger partial charge on any atom is 0.194 e. The highest BCUT2D eigenvalue weighted by Crippen LogP contribution is 2.16. The highest BCUT2D eigenvalue weighted by molar-refractivity contribution is 14.0. The number of rotatable bonds is 4. The van der Waals surface area contributed by atoms with Crippen molar-refractivity contribution >= 4 is 41.3 Å². The Bertz CT molecular complexity index is 724. The van der Waals surface area contributed by atoms with E-state index in [1.807, 2.05) is 7.05 Å². The van der Waals surface area contributed by atoms with Crippen LogP contribution in [0, 0.1) is 0 Å². The molecule has 1 saturated heterocycles. The topological polar surface area (TPSA) is 34.1 Å². The maximum atomic E-state index is 4.48. The minimum Gasteiger partial charge on any atom is -0.378 e. The summed E-state index contributed by atoms with van der Waals surface area (Å²) in [4.78, 5) is 11.4. The Balaban J connectivity index is 0.00000261. The van der Waals surface area contributed by atoms with Crippen LogP contribution in [0.4, 0.5) is 11.4 Å². The van der Waals surface area contributed by atoms with E-state index in [1.54, 1.807) is 0 Å². The van der Waals surface area contributed by atoms with E-state index in [4.69, 9.17) is 0 Å². The van der Waals surface area contributed by atoms with E-state index in [2.05, 4.69) is 93.7 Å². The number of piperazine rings is 1. The molecule has 0 atom stereocenters. The summed E-state index contributed by atoms with van der Waals surface area (Å²) in [5.41, 5.74) is 3.78. The predicted molar refractivity (Wildman–Crippen MR) is 127 cm³/mol. The van der Waals surface area contributed by atoms with Crippen LogP contribution in [0.25, 0.3) is 0 Å². The summed E-state index contributed by atoms with van der Waals surface area (Å²) < 4.78 is 0. The van der Waals surface area contributed by atoms with Gasteiger partial charge < -0.3 is 20.0 Å². The normalized spacial score (nSPS) is 14.6. The van der Waals surface area contributed by atoms with Crippen LogP contribution < -0.4 is 15.1 Å². The molecule has 0 unspecified atom stereocenters. The van der Waals surface area contributed by atoms with Gasteiger partial charge in [0.15, 0.2) is 5.96 Å². The SMILES string of the molecule is CN=C(NCc1cccc(N(C)C)c1)N1CCN(c2ccccc2)CC1.I. The number of nitrogens with zero attached hydrogens (tertiary/aromatic N) is 4. The lowest BCUT2D eigenvalue weighted by Gasteiger charge is -2.37. The molecule has 1 heterocycles. The summed E-state index contributed by atoms with van der Waals surface area (Å²) in [6, 6.07) is 19.2. The Morgan fingerprint density at radius 2 is 1.70 bits per heavy atom. The zero-order valence-corrected chi connectivity index (χ0v) is 18.8. The Kier molecular flexibility index (Phi) is 8.22. The lowest BCUT2D eigenvalue weighted by atomic mass is 10.2. The van der Waals surface area contributed by atoms with Crippen molar-refractivity contribution in [1.82, 2.24) is 10.2 Å². The van der Waals surface area contributed by atoms with E-state index in [9.17, 15) is 0 Å². The van der Waals surface area contributed by atoms with Crippen LogP contribution in [0.2, 0.25) is 0 Å². The van der Waals surface area contributed by atoms with Crippen LogP contribution in [0.1, 0.15) is 5.56 Å². The molecule has 0 bridgehead atoms. The molecule has 2 aromatic carbocycles. The molecule has 3 rings (SSSR count). The Hall–Kier alpha value is -1.96. The maximum absolute atomic E-state index is 4.48. The minimum atomic E-state index is 0. The van der Waals surface area contributed by atoms with Crippen LogP contribution in [0.5, 0.6) is 0 Å². The monoisotopic (exact) mass is 479 g/mol. The summed E-state index contributed by atoms with van der Waals surface area (Å²) in [5.74, 6) is 0.980. The molecule has 6 heteroatoms. The highest BCUT2D eigenvalue weighted by Gasteiger charge is 2.19. The van der Waals surface area contributed by atoms with Gasteiger partial charge in [0, 0.05) is 65.2 Å². The predicted octanol–water partition coefficient (Wildman–Crippen LogP) is 3.27. The lowest BCUT2D eigenvalue weighted by molar-refractivity contribution is 0.372. The summed E-state index contributed by atoms with van der Waals surface area (Å²) in [6.07, 6.45) is 0. The van der Waals surface area contributed by atoms with Gasteiger partial charge in [-0.25, -0.2) is 0 Å². The van der Waals surface area contributed by atoms with E-state index in [0.717, 1.165) is 38.7 Å². The number of aliphatic imine (C=N–C) groups is 1. The smallest absolute Gasteiger partial charge is 0.194 e. The molecule has 0 radical (unpaired) electrons. The largest absolute Gasteiger partial charge is 0.378 e. The second kappa shape index (κ2) is 10.4. The van der Waals surface area contributed by atoms with Crippen molar-refractivity contribution in [2.75, 3.05) is 57.1 Å². The van der Waals surface area contributed by atoms with Gasteiger partial charge in [0.25, 0.3) is 0 Å². The molecular formula is C21H30IN5. The van der Waals surface area contributed by atoms with E-state index in [-0.39, 0.29) is 24.0 Å². The van der Waals surface area contributed by atoms with E-state index >= 15 is 0 Å². The summed E-state index contributed by atoms with van der Waals surface area (Å²) in [7, 11) is 6.00. The second-order valence-corrected chi connectivity index (χ2v) is 6.77. The second-order valence-electron chi connectivity index (χ2n) is 6.77. The van der Waals surface area contributed by atoms with Gasteiger partial charge in [0.1, 0.15) is 0 Å². The number of anilines is 2. The standard InChI is InChI=1S/C21H29N5.HI/c1-22-21(23-17-18-8-7-11-20(16-18)24(2)3)26-14-12-25(13-15-26)19-9-5-4-6-10-19;/h4-11,16H,12-15,17H2,1-3H3,(H,22,23);1H. The molecule has 0 aromatic heterocycles. The first-order chi connectivity index (χ1) is 12.7.